The molecule has 3 heterocycles. The second-order valence-corrected chi connectivity index (χ2v) is 17.3. The maximum atomic E-state index is 14.4. The number of benzene rings is 2. The molecular weight excluding hydrogens is 693 g/mol. The monoisotopic (exact) mass is 752 g/mol. The number of allylic oxidation sites excluding steroid dienone is 2. The van der Waals surface area contributed by atoms with Crippen LogP contribution in [0.15, 0.2) is 54.7 Å². The Kier molecular flexibility index (Phi) is 12.6. The summed E-state index contributed by atoms with van der Waals surface area (Å²) in [6.45, 7) is 13.9. The van der Waals surface area contributed by atoms with Crippen LogP contribution in [0.25, 0.3) is 27.7 Å². The Morgan fingerprint density at radius 3 is 2.37 bits per heavy atom. The molecule has 1 saturated carbocycles. The van der Waals surface area contributed by atoms with Crippen LogP contribution < -0.4 is 9.46 Å². The number of carbonyl (C=O) groups is 2. The number of rotatable bonds is 13. The predicted octanol–water partition coefficient (Wildman–Crippen LogP) is 9.59. The summed E-state index contributed by atoms with van der Waals surface area (Å²) < 4.78 is 13.0. The van der Waals surface area contributed by atoms with Crippen molar-refractivity contribution in [2.75, 3.05) is 27.7 Å². The standard InChI is InChI=1S/C44H60N6O3S/c1-10-31(41-38(25-45-50(41)28(2)3)44(52)47(7)27-35-20-16-30(6)48(35)8)26-49-39-24-34(43(51)46-54-29(4)5)19-23-37(39)40(32-14-12-11-13-15-32)42(49)33-17-21-36(53-9)22-18-33/h10,17-19,21-25,28-30,32,35H,11-16,20,26-27H2,1-9H3,(H,46,51)/b31-10+. The number of amides is 2. The average Bonchev–Trinajstić information content (AvgIpc) is 3.86. The summed E-state index contributed by atoms with van der Waals surface area (Å²) in [6, 6.07) is 15.5. The first-order chi connectivity index (χ1) is 25.9. The zero-order valence-electron chi connectivity index (χ0n) is 33.8. The van der Waals surface area contributed by atoms with Gasteiger partial charge in [0, 0.05) is 60.0 Å². The maximum absolute atomic E-state index is 14.4. The van der Waals surface area contributed by atoms with Crippen molar-refractivity contribution >= 4 is 40.2 Å². The van der Waals surface area contributed by atoms with Gasteiger partial charge in [-0.15, -0.1) is 0 Å². The minimum Gasteiger partial charge on any atom is -0.497 e. The third-order valence-electron chi connectivity index (χ3n) is 11.6. The fourth-order valence-electron chi connectivity index (χ4n) is 8.51. The van der Waals surface area contributed by atoms with Gasteiger partial charge >= 0.3 is 0 Å². The van der Waals surface area contributed by atoms with Crippen molar-refractivity contribution in [3.63, 3.8) is 0 Å². The lowest BCUT2D eigenvalue weighted by Crippen LogP contribution is -2.41. The first kappa shape index (κ1) is 39.7. The van der Waals surface area contributed by atoms with Crippen LogP contribution in [0.5, 0.6) is 5.75 Å². The Bertz CT molecular complexity index is 1970. The Morgan fingerprint density at radius 1 is 1.04 bits per heavy atom. The normalized spacial score (nSPS) is 18.6. The highest BCUT2D eigenvalue weighted by Crippen LogP contribution is 2.45. The molecule has 290 valence electrons. The summed E-state index contributed by atoms with van der Waals surface area (Å²) in [4.78, 5) is 32.2. The molecule has 2 unspecified atom stereocenters. The zero-order valence-corrected chi connectivity index (χ0v) is 34.6. The molecule has 0 spiro atoms. The van der Waals surface area contributed by atoms with E-state index in [1.165, 1.54) is 42.2 Å². The minimum atomic E-state index is -0.101. The quantitative estimate of drug-likeness (QED) is 0.137. The number of nitrogens with one attached hydrogen (secondary N) is 1. The molecule has 0 radical (unpaired) electrons. The van der Waals surface area contributed by atoms with Crippen LogP contribution in [0.1, 0.15) is 130 Å². The molecule has 1 saturated heterocycles. The van der Waals surface area contributed by atoms with Crippen LogP contribution in [0.3, 0.4) is 0 Å². The van der Waals surface area contributed by atoms with Crippen LogP contribution in [-0.4, -0.2) is 81.0 Å². The summed E-state index contributed by atoms with van der Waals surface area (Å²) in [7, 11) is 5.79. The highest BCUT2D eigenvalue weighted by Gasteiger charge is 2.32. The summed E-state index contributed by atoms with van der Waals surface area (Å²) in [5.74, 6) is 1.09. The molecule has 4 aromatic rings. The number of hydrogen-bond acceptors (Lipinski definition) is 6. The van der Waals surface area contributed by atoms with Crippen molar-refractivity contribution in [3.8, 4) is 17.0 Å². The first-order valence-electron chi connectivity index (χ1n) is 19.9. The molecule has 2 aliphatic rings. The summed E-state index contributed by atoms with van der Waals surface area (Å²) in [5.41, 5.74) is 7.73. The number of methoxy groups -OCH3 is 1. The lowest BCUT2D eigenvalue weighted by Gasteiger charge is -2.28. The van der Waals surface area contributed by atoms with E-state index in [0.717, 1.165) is 59.5 Å². The molecule has 1 N–H and O–H groups in total. The largest absolute Gasteiger partial charge is 0.497 e. The van der Waals surface area contributed by atoms with E-state index in [9.17, 15) is 9.59 Å². The van der Waals surface area contributed by atoms with Crippen LogP contribution in [-0.2, 0) is 6.54 Å². The number of aromatic nitrogens is 3. The van der Waals surface area contributed by atoms with Gasteiger partial charge in [-0.2, -0.15) is 5.10 Å². The van der Waals surface area contributed by atoms with E-state index >= 15 is 0 Å². The van der Waals surface area contributed by atoms with Crippen LogP contribution >= 0.6 is 11.9 Å². The highest BCUT2D eigenvalue weighted by molar-refractivity contribution is 7.98. The molecule has 9 nitrogen and oxygen atoms in total. The minimum absolute atomic E-state index is 0.0125. The number of nitrogens with zero attached hydrogens (tertiary/aromatic N) is 5. The fourth-order valence-corrected chi connectivity index (χ4v) is 8.97. The molecule has 54 heavy (non-hydrogen) atoms. The first-order valence-corrected chi connectivity index (χ1v) is 20.8. The van der Waals surface area contributed by atoms with E-state index < -0.39 is 0 Å². The van der Waals surface area contributed by atoms with E-state index in [1.807, 2.05) is 34.8 Å². The summed E-state index contributed by atoms with van der Waals surface area (Å²) >= 11 is 1.43. The average molecular weight is 753 g/mol. The van der Waals surface area contributed by atoms with E-state index in [0.29, 0.717) is 42.2 Å². The smallest absolute Gasteiger partial charge is 0.261 e. The van der Waals surface area contributed by atoms with E-state index in [2.05, 4.69) is 93.1 Å². The van der Waals surface area contributed by atoms with Gasteiger partial charge < -0.3 is 14.2 Å². The number of ether oxygens (including phenoxy) is 1. The van der Waals surface area contributed by atoms with Gasteiger partial charge in [0.25, 0.3) is 11.8 Å². The number of likely N-dealkylation sites (N-methyl/N-ethyl adjacent to an activating group) is 2. The Hall–Kier alpha value is -4.02. The van der Waals surface area contributed by atoms with Gasteiger partial charge in [0.15, 0.2) is 0 Å². The molecule has 2 aromatic carbocycles. The summed E-state index contributed by atoms with van der Waals surface area (Å²) in [5, 5.41) is 6.29. The Labute approximate surface area is 326 Å². The van der Waals surface area contributed by atoms with E-state index in [4.69, 9.17) is 9.84 Å². The SMILES string of the molecule is C/C=C(\Cn1c(-c2ccc(OC)cc2)c(C2CCCCC2)c2ccc(C(=O)NSC(C)C)cc21)c1c(C(=O)N(C)CC2CCC(C)N2C)cnn1C(C)C. The van der Waals surface area contributed by atoms with Crippen LogP contribution in [0, 0.1) is 0 Å². The van der Waals surface area contributed by atoms with Crippen LogP contribution in [0.2, 0.25) is 0 Å². The van der Waals surface area contributed by atoms with Crippen molar-refractivity contribution in [1.29, 1.82) is 0 Å². The number of hydrogen-bond donors (Lipinski definition) is 1. The summed E-state index contributed by atoms with van der Waals surface area (Å²) in [6.07, 6.45) is 12.1. The molecule has 1 aliphatic carbocycles. The van der Waals surface area contributed by atoms with E-state index in [1.54, 1.807) is 13.3 Å². The van der Waals surface area contributed by atoms with Gasteiger partial charge in [0.05, 0.1) is 30.3 Å². The van der Waals surface area contributed by atoms with Crippen molar-refractivity contribution in [2.45, 2.75) is 122 Å². The van der Waals surface area contributed by atoms with Gasteiger partial charge in [0.1, 0.15) is 5.75 Å². The molecule has 2 aromatic heterocycles. The second kappa shape index (κ2) is 17.2. The zero-order chi connectivity index (χ0) is 38.7. The van der Waals surface area contributed by atoms with Crippen molar-refractivity contribution in [3.05, 3.63) is 77.1 Å². The fraction of sp³-hybridized carbons (Fsp3) is 0.523. The van der Waals surface area contributed by atoms with E-state index in [-0.39, 0.29) is 23.1 Å². The Balaban J connectivity index is 1.51. The van der Waals surface area contributed by atoms with Gasteiger partial charge in [-0.25, -0.2) is 0 Å². The third kappa shape index (κ3) is 8.15. The lowest BCUT2D eigenvalue weighted by atomic mass is 9.81. The van der Waals surface area contributed by atoms with Crippen molar-refractivity contribution in [2.24, 2.45) is 0 Å². The molecule has 2 atom stereocenters. The maximum Gasteiger partial charge on any atom is 0.261 e. The molecule has 6 rings (SSSR count). The molecular formula is C44H60N6O3S. The molecule has 2 amide bonds. The lowest BCUT2D eigenvalue weighted by molar-refractivity contribution is 0.0753. The van der Waals surface area contributed by atoms with Crippen molar-refractivity contribution in [1.82, 2.24) is 28.9 Å². The van der Waals surface area contributed by atoms with Gasteiger partial charge in [-0.05, 0) is 131 Å². The number of likely N-dealkylation sites (tertiary alicyclic amines) is 1. The van der Waals surface area contributed by atoms with Crippen molar-refractivity contribution < 1.29 is 14.3 Å². The Morgan fingerprint density at radius 2 is 1.76 bits per heavy atom. The molecule has 10 heteroatoms. The second-order valence-electron chi connectivity index (χ2n) is 15.9. The molecule has 2 fully saturated rings. The number of carbonyl (C=O) groups excluding carboxylic acids is 2. The number of fused-ring (bicyclic) bond motifs is 1. The van der Waals surface area contributed by atoms with Gasteiger partial charge in [-0.3, -0.25) is 23.9 Å². The topological polar surface area (TPSA) is 84.6 Å². The predicted molar refractivity (Wildman–Crippen MR) is 223 cm³/mol. The molecule has 0 bridgehead atoms. The van der Waals surface area contributed by atoms with Gasteiger partial charge in [0.2, 0.25) is 0 Å². The third-order valence-corrected chi connectivity index (χ3v) is 12.4. The highest BCUT2D eigenvalue weighted by atomic mass is 32.2. The molecule has 1 aliphatic heterocycles. The van der Waals surface area contributed by atoms with Gasteiger partial charge in [-0.1, -0.05) is 45.3 Å². The van der Waals surface area contributed by atoms with Crippen LogP contribution in [0.4, 0.5) is 0 Å².